The Morgan fingerprint density at radius 3 is 1.75 bits per heavy atom. The minimum absolute atomic E-state index is 0.135. The van der Waals surface area contributed by atoms with Crippen LogP contribution in [0.4, 0.5) is 0 Å². The Kier molecular flexibility index (Phi) is 4.34. The van der Waals surface area contributed by atoms with Crippen LogP contribution in [0.25, 0.3) is 11.1 Å². The van der Waals surface area contributed by atoms with Crippen molar-refractivity contribution in [3.8, 4) is 28.4 Å². The van der Waals surface area contributed by atoms with E-state index < -0.39 is 0 Å². The third-order valence-corrected chi connectivity index (χ3v) is 4.35. The van der Waals surface area contributed by atoms with Crippen molar-refractivity contribution in [3.63, 3.8) is 0 Å². The molecule has 3 heteroatoms. The molecule has 0 saturated heterocycles. The van der Waals surface area contributed by atoms with Crippen molar-refractivity contribution in [2.45, 2.75) is 59.3 Å². The number of hydrogen-bond donors (Lipinski definition) is 3. The fourth-order valence-electron chi connectivity index (χ4n) is 3.15. The predicted octanol–water partition coefficient (Wildman–Crippen LogP) is 5.37. The van der Waals surface area contributed by atoms with E-state index in [0.29, 0.717) is 5.75 Å². The average Bonchev–Trinajstić information content (AvgIpc) is 2.39. The number of phenolic OH excluding ortho intramolecular Hbond substituents is 3. The Labute approximate surface area is 144 Å². The molecule has 0 aromatic heterocycles. The number of rotatable bonds is 1. The van der Waals surface area contributed by atoms with Crippen LogP contribution in [0.1, 0.15) is 58.2 Å². The lowest BCUT2D eigenvalue weighted by Gasteiger charge is -2.30. The van der Waals surface area contributed by atoms with Crippen LogP contribution in [0, 0.1) is 6.92 Å². The van der Waals surface area contributed by atoms with Gasteiger partial charge in [-0.05, 0) is 52.1 Å². The van der Waals surface area contributed by atoms with E-state index in [-0.39, 0.29) is 22.3 Å². The average molecular weight is 328 g/mol. The number of phenols is 3. The van der Waals surface area contributed by atoms with Crippen molar-refractivity contribution in [1.29, 1.82) is 0 Å². The molecule has 0 atom stereocenters. The monoisotopic (exact) mass is 328 g/mol. The normalized spacial score (nSPS) is 12.5. The molecule has 2 rings (SSSR count). The van der Waals surface area contributed by atoms with Gasteiger partial charge in [-0.1, -0.05) is 53.7 Å². The number of aryl methyl sites for hydroxylation is 1. The molecule has 3 nitrogen and oxygen atoms in total. The molecule has 0 spiro atoms. The van der Waals surface area contributed by atoms with Gasteiger partial charge in [0, 0.05) is 5.56 Å². The first kappa shape index (κ1) is 18.2. The summed E-state index contributed by atoms with van der Waals surface area (Å²) < 4.78 is 0. The first-order valence-electron chi connectivity index (χ1n) is 8.24. The number of aromatic hydroxyl groups is 3. The fourth-order valence-corrected chi connectivity index (χ4v) is 3.15. The van der Waals surface area contributed by atoms with Crippen LogP contribution >= 0.6 is 0 Å². The van der Waals surface area contributed by atoms with Crippen LogP contribution in [0.2, 0.25) is 0 Å². The van der Waals surface area contributed by atoms with Gasteiger partial charge in [-0.2, -0.15) is 0 Å². The Balaban J connectivity index is 2.86. The molecule has 0 saturated carbocycles. The van der Waals surface area contributed by atoms with Crippen molar-refractivity contribution in [3.05, 3.63) is 41.0 Å². The maximum atomic E-state index is 11.0. The van der Waals surface area contributed by atoms with E-state index in [1.165, 1.54) is 0 Å². The van der Waals surface area contributed by atoms with E-state index in [1.54, 1.807) is 12.1 Å². The van der Waals surface area contributed by atoms with Gasteiger partial charge in [0.05, 0.1) is 0 Å². The largest absolute Gasteiger partial charge is 0.507 e. The van der Waals surface area contributed by atoms with Gasteiger partial charge >= 0.3 is 0 Å². The summed E-state index contributed by atoms with van der Waals surface area (Å²) in [4.78, 5) is 0. The first-order chi connectivity index (χ1) is 10.8. The summed E-state index contributed by atoms with van der Waals surface area (Å²) in [7, 11) is 0. The lowest BCUT2D eigenvalue weighted by molar-refractivity contribution is 0.403. The Morgan fingerprint density at radius 1 is 0.708 bits per heavy atom. The van der Waals surface area contributed by atoms with Crippen molar-refractivity contribution >= 4 is 0 Å². The second-order valence-electron chi connectivity index (χ2n) is 8.54. The second kappa shape index (κ2) is 5.73. The van der Waals surface area contributed by atoms with Gasteiger partial charge < -0.3 is 15.3 Å². The summed E-state index contributed by atoms with van der Waals surface area (Å²) in [5.74, 6) is 0.0124. The molecular weight excluding hydrogens is 300 g/mol. The highest BCUT2D eigenvalue weighted by molar-refractivity contribution is 5.77. The summed E-state index contributed by atoms with van der Waals surface area (Å²) in [6.07, 6.45) is 0. The van der Waals surface area contributed by atoms with Gasteiger partial charge in [0.15, 0.2) is 11.5 Å². The topological polar surface area (TPSA) is 60.7 Å². The van der Waals surface area contributed by atoms with Crippen LogP contribution in [-0.4, -0.2) is 15.3 Å². The quantitative estimate of drug-likeness (QED) is 0.616. The Hall–Kier alpha value is -2.16. The molecule has 0 bridgehead atoms. The highest BCUT2D eigenvalue weighted by atomic mass is 16.3. The zero-order valence-electron chi connectivity index (χ0n) is 15.7. The molecule has 24 heavy (non-hydrogen) atoms. The zero-order valence-corrected chi connectivity index (χ0v) is 15.7. The van der Waals surface area contributed by atoms with Crippen LogP contribution < -0.4 is 0 Å². The first-order valence-corrected chi connectivity index (χ1v) is 8.24. The van der Waals surface area contributed by atoms with Crippen molar-refractivity contribution in [1.82, 2.24) is 0 Å². The molecule has 0 aliphatic heterocycles. The van der Waals surface area contributed by atoms with E-state index in [1.807, 2.05) is 19.1 Å². The van der Waals surface area contributed by atoms with E-state index in [2.05, 4.69) is 41.5 Å². The van der Waals surface area contributed by atoms with Crippen LogP contribution in [-0.2, 0) is 10.8 Å². The molecule has 0 aliphatic carbocycles. The Bertz CT molecular complexity index is 775. The number of benzene rings is 2. The molecule has 0 unspecified atom stereocenters. The van der Waals surface area contributed by atoms with Gasteiger partial charge in [0.25, 0.3) is 0 Å². The van der Waals surface area contributed by atoms with Crippen molar-refractivity contribution in [2.75, 3.05) is 0 Å². The minimum Gasteiger partial charge on any atom is -0.507 e. The molecule has 2 aromatic carbocycles. The van der Waals surface area contributed by atoms with Crippen molar-refractivity contribution in [2.24, 2.45) is 0 Å². The van der Waals surface area contributed by atoms with Crippen molar-refractivity contribution < 1.29 is 15.3 Å². The van der Waals surface area contributed by atoms with E-state index in [4.69, 9.17) is 0 Å². The van der Waals surface area contributed by atoms with Crippen LogP contribution in [0.15, 0.2) is 24.3 Å². The summed E-state index contributed by atoms with van der Waals surface area (Å²) in [5.41, 5.74) is 3.83. The predicted molar refractivity (Wildman–Crippen MR) is 99.0 cm³/mol. The molecule has 130 valence electrons. The summed E-state index contributed by atoms with van der Waals surface area (Å²) in [6, 6.07) is 7.06. The van der Waals surface area contributed by atoms with Crippen LogP contribution in [0.5, 0.6) is 17.2 Å². The van der Waals surface area contributed by atoms with Crippen LogP contribution in [0.3, 0.4) is 0 Å². The second-order valence-corrected chi connectivity index (χ2v) is 8.54. The number of hydrogen-bond acceptors (Lipinski definition) is 3. The van der Waals surface area contributed by atoms with Gasteiger partial charge in [0.1, 0.15) is 5.75 Å². The van der Waals surface area contributed by atoms with Gasteiger partial charge in [-0.3, -0.25) is 0 Å². The van der Waals surface area contributed by atoms with Gasteiger partial charge in [-0.25, -0.2) is 0 Å². The smallest absolute Gasteiger partial charge is 0.158 e. The third-order valence-electron chi connectivity index (χ3n) is 4.35. The highest BCUT2D eigenvalue weighted by Gasteiger charge is 2.29. The molecular formula is C21H28O3. The lowest BCUT2D eigenvalue weighted by Crippen LogP contribution is -2.18. The molecule has 0 radical (unpaired) electrons. The van der Waals surface area contributed by atoms with Gasteiger partial charge in [0.2, 0.25) is 0 Å². The summed E-state index contributed by atoms with van der Waals surface area (Å²) in [6.45, 7) is 14.3. The minimum atomic E-state index is -0.277. The molecule has 2 aromatic rings. The molecule has 0 heterocycles. The maximum Gasteiger partial charge on any atom is 0.158 e. The zero-order chi connectivity index (χ0) is 18.4. The third kappa shape index (κ3) is 3.21. The van der Waals surface area contributed by atoms with E-state index in [9.17, 15) is 15.3 Å². The molecule has 0 fully saturated rings. The fraction of sp³-hybridized carbons (Fsp3) is 0.429. The van der Waals surface area contributed by atoms with Gasteiger partial charge in [-0.15, -0.1) is 0 Å². The molecule has 0 amide bonds. The van der Waals surface area contributed by atoms with E-state index in [0.717, 1.165) is 27.8 Å². The summed E-state index contributed by atoms with van der Waals surface area (Å²) >= 11 is 0. The lowest BCUT2D eigenvalue weighted by atomic mass is 9.75. The molecule has 0 aliphatic rings. The van der Waals surface area contributed by atoms with E-state index >= 15 is 0 Å². The SMILES string of the molecule is Cc1cc(O)c(O)cc1-c1ccc(C(C)(C)C)c(O)c1C(C)(C)C. The molecule has 3 N–H and O–H groups in total. The Morgan fingerprint density at radius 2 is 1.25 bits per heavy atom. The highest BCUT2D eigenvalue weighted by Crippen LogP contribution is 2.46. The summed E-state index contributed by atoms with van der Waals surface area (Å²) in [5, 5.41) is 30.6. The standard InChI is InChI=1S/C21H28O3/c1-12-10-16(22)17(23)11-14(12)13-8-9-15(20(2,3)4)19(24)18(13)21(5,6)7/h8-11,22-24H,1-7H3. The maximum absolute atomic E-state index is 11.0.